The molecule has 0 heterocycles. The van der Waals surface area contributed by atoms with Crippen LogP contribution in [0.15, 0.2) is 0 Å². The minimum atomic E-state index is -0.698. The van der Waals surface area contributed by atoms with Gasteiger partial charge in [0.1, 0.15) is 5.78 Å². The van der Waals surface area contributed by atoms with E-state index in [1.54, 1.807) is 7.11 Å². The van der Waals surface area contributed by atoms with E-state index < -0.39 is 11.9 Å². The van der Waals surface area contributed by atoms with Crippen LogP contribution >= 0.6 is 0 Å². The molecule has 1 fully saturated rings. The molecule has 0 aromatic carbocycles. The Kier molecular flexibility index (Phi) is 7.70. The zero-order valence-corrected chi connectivity index (χ0v) is 13.2. The lowest BCUT2D eigenvalue weighted by Gasteiger charge is -2.41. The third-order valence-electron chi connectivity index (χ3n) is 4.22. The van der Waals surface area contributed by atoms with E-state index in [2.05, 4.69) is 6.92 Å². The van der Waals surface area contributed by atoms with E-state index in [0.29, 0.717) is 32.3 Å². The standard InChI is InChI=1S/C16H30O4/c1-4-6-7-11-20-16(19-3)10-9-13(15(18)12-16)14(17)8-5-2/h13,15,18H,4-12H2,1-3H3. The molecular weight excluding hydrogens is 256 g/mol. The number of aliphatic hydroxyl groups excluding tert-OH is 1. The fourth-order valence-electron chi connectivity index (χ4n) is 2.92. The summed E-state index contributed by atoms with van der Waals surface area (Å²) in [6, 6.07) is 0. The van der Waals surface area contributed by atoms with Crippen LogP contribution in [-0.4, -0.2) is 36.5 Å². The smallest absolute Gasteiger partial charge is 0.170 e. The molecule has 0 saturated heterocycles. The van der Waals surface area contributed by atoms with Crippen molar-refractivity contribution in [2.24, 2.45) is 5.92 Å². The van der Waals surface area contributed by atoms with Crippen LogP contribution in [0, 0.1) is 5.92 Å². The first kappa shape index (κ1) is 17.6. The Balaban J connectivity index is 2.51. The number of rotatable bonds is 9. The van der Waals surface area contributed by atoms with E-state index in [4.69, 9.17) is 9.47 Å². The van der Waals surface area contributed by atoms with Crippen molar-refractivity contribution in [2.75, 3.05) is 13.7 Å². The van der Waals surface area contributed by atoms with Crippen LogP contribution in [0.25, 0.3) is 0 Å². The monoisotopic (exact) mass is 286 g/mol. The van der Waals surface area contributed by atoms with E-state index in [0.717, 1.165) is 25.7 Å². The van der Waals surface area contributed by atoms with E-state index in [9.17, 15) is 9.90 Å². The van der Waals surface area contributed by atoms with Gasteiger partial charge >= 0.3 is 0 Å². The summed E-state index contributed by atoms with van der Waals surface area (Å²) in [6.07, 6.45) is 5.79. The minimum Gasteiger partial charge on any atom is -0.392 e. The summed E-state index contributed by atoms with van der Waals surface area (Å²) >= 11 is 0. The second-order valence-electron chi connectivity index (χ2n) is 5.80. The molecule has 0 bridgehead atoms. The summed E-state index contributed by atoms with van der Waals surface area (Å²) in [6.45, 7) is 4.80. The topological polar surface area (TPSA) is 55.8 Å². The average Bonchev–Trinajstić information content (AvgIpc) is 2.44. The van der Waals surface area contributed by atoms with Gasteiger partial charge < -0.3 is 14.6 Å². The number of Topliss-reactive ketones (excluding diaryl/α,β-unsaturated/α-hetero) is 1. The fraction of sp³-hybridized carbons (Fsp3) is 0.938. The summed E-state index contributed by atoms with van der Waals surface area (Å²) in [5.74, 6) is -0.760. The highest BCUT2D eigenvalue weighted by molar-refractivity contribution is 5.81. The highest BCUT2D eigenvalue weighted by atomic mass is 16.7. The van der Waals surface area contributed by atoms with Gasteiger partial charge in [-0.3, -0.25) is 4.79 Å². The molecule has 0 aromatic heterocycles. The van der Waals surface area contributed by atoms with Gasteiger partial charge in [0.25, 0.3) is 0 Å². The van der Waals surface area contributed by atoms with Crippen LogP contribution in [0.4, 0.5) is 0 Å². The molecule has 1 aliphatic rings. The Morgan fingerprint density at radius 3 is 2.60 bits per heavy atom. The molecule has 0 aliphatic heterocycles. The second kappa shape index (κ2) is 8.75. The Morgan fingerprint density at radius 1 is 1.30 bits per heavy atom. The quantitative estimate of drug-likeness (QED) is 0.523. The van der Waals surface area contributed by atoms with Crippen molar-refractivity contribution in [1.29, 1.82) is 0 Å². The van der Waals surface area contributed by atoms with Crippen LogP contribution in [0.3, 0.4) is 0 Å². The minimum absolute atomic E-state index is 0.177. The molecule has 20 heavy (non-hydrogen) atoms. The van der Waals surface area contributed by atoms with Gasteiger partial charge in [-0.1, -0.05) is 26.7 Å². The lowest BCUT2D eigenvalue weighted by Crippen LogP contribution is -2.47. The van der Waals surface area contributed by atoms with Crippen molar-refractivity contribution in [3.8, 4) is 0 Å². The molecule has 1 aliphatic carbocycles. The lowest BCUT2D eigenvalue weighted by atomic mass is 9.79. The number of methoxy groups -OCH3 is 1. The van der Waals surface area contributed by atoms with E-state index in [1.165, 1.54) is 0 Å². The third kappa shape index (κ3) is 4.83. The molecule has 0 aromatic rings. The van der Waals surface area contributed by atoms with Crippen molar-refractivity contribution >= 4 is 5.78 Å². The first-order chi connectivity index (χ1) is 9.58. The van der Waals surface area contributed by atoms with Crippen molar-refractivity contribution in [3.63, 3.8) is 0 Å². The van der Waals surface area contributed by atoms with Crippen molar-refractivity contribution in [1.82, 2.24) is 0 Å². The number of ether oxygens (including phenoxy) is 2. The van der Waals surface area contributed by atoms with Gasteiger partial charge in [-0.25, -0.2) is 0 Å². The first-order valence-electron chi connectivity index (χ1n) is 7.98. The van der Waals surface area contributed by atoms with Gasteiger partial charge in [0.15, 0.2) is 5.79 Å². The number of hydrogen-bond acceptors (Lipinski definition) is 4. The highest BCUT2D eigenvalue weighted by Crippen LogP contribution is 2.37. The Morgan fingerprint density at radius 2 is 2.05 bits per heavy atom. The summed E-state index contributed by atoms with van der Waals surface area (Å²) < 4.78 is 11.4. The predicted molar refractivity (Wildman–Crippen MR) is 78.5 cm³/mol. The maximum absolute atomic E-state index is 12.0. The van der Waals surface area contributed by atoms with Gasteiger partial charge in [-0.05, 0) is 19.3 Å². The summed E-state index contributed by atoms with van der Waals surface area (Å²) in [5.41, 5.74) is 0. The first-order valence-corrected chi connectivity index (χ1v) is 7.98. The number of carbonyl (C=O) groups excluding carboxylic acids is 1. The Bertz CT molecular complexity index is 292. The molecule has 0 amide bonds. The number of unbranched alkanes of at least 4 members (excludes halogenated alkanes) is 2. The van der Waals surface area contributed by atoms with Crippen molar-refractivity contribution in [2.45, 2.75) is 77.1 Å². The van der Waals surface area contributed by atoms with Crippen molar-refractivity contribution in [3.05, 3.63) is 0 Å². The molecule has 0 spiro atoms. The summed E-state index contributed by atoms with van der Waals surface area (Å²) in [4.78, 5) is 12.0. The maximum atomic E-state index is 12.0. The average molecular weight is 286 g/mol. The number of aliphatic hydroxyl groups is 1. The normalized spacial score (nSPS) is 30.4. The molecule has 1 rings (SSSR count). The number of carbonyl (C=O) groups is 1. The van der Waals surface area contributed by atoms with Gasteiger partial charge in [-0.2, -0.15) is 0 Å². The SMILES string of the molecule is CCCCCOC1(OC)CCC(C(=O)CCC)C(O)C1. The van der Waals surface area contributed by atoms with Crippen molar-refractivity contribution < 1.29 is 19.4 Å². The number of hydrogen-bond donors (Lipinski definition) is 1. The van der Waals surface area contributed by atoms with Gasteiger partial charge in [0.05, 0.1) is 12.7 Å². The van der Waals surface area contributed by atoms with Crippen LogP contribution in [0.1, 0.15) is 65.2 Å². The zero-order chi connectivity index (χ0) is 15.0. The van der Waals surface area contributed by atoms with Gasteiger partial charge in [0, 0.05) is 32.3 Å². The van der Waals surface area contributed by atoms with E-state index >= 15 is 0 Å². The second-order valence-corrected chi connectivity index (χ2v) is 5.80. The molecule has 3 unspecified atom stereocenters. The molecule has 4 nitrogen and oxygen atoms in total. The third-order valence-corrected chi connectivity index (χ3v) is 4.22. The Hall–Kier alpha value is -0.450. The summed E-state index contributed by atoms with van der Waals surface area (Å²) in [5, 5.41) is 10.3. The predicted octanol–water partition coefficient (Wildman–Crippen LogP) is 3.07. The molecule has 1 saturated carbocycles. The van der Waals surface area contributed by atoms with Crippen LogP contribution in [0.5, 0.6) is 0 Å². The maximum Gasteiger partial charge on any atom is 0.170 e. The summed E-state index contributed by atoms with van der Waals surface area (Å²) in [7, 11) is 1.63. The molecular formula is C16H30O4. The molecule has 118 valence electrons. The Labute approximate surface area is 122 Å². The van der Waals surface area contributed by atoms with Gasteiger partial charge in [-0.15, -0.1) is 0 Å². The van der Waals surface area contributed by atoms with Crippen LogP contribution in [-0.2, 0) is 14.3 Å². The van der Waals surface area contributed by atoms with Crippen LogP contribution < -0.4 is 0 Å². The van der Waals surface area contributed by atoms with Gasteiger partial charge in [0.2, 0.25) is 0 Å². The lowest BCUT2D eigenvalue weighted by molar-refractivity contribution is -0.257. The zero-order valence-electron chi connectivity index (χ0n) is 13.2. The van der Waals surface area contributed by atoms with E-state index in [1.807, 2.05) is 6.92 Å². The highest BCUT2D eigenvalue weighted by Gasteiger charge is 2.43. The molecule has 1 N–H and O–H groups in total. The van der Waals surface area contributed by atoms with Crippen LogP contribution in [0.2, 0.25) is 0 Å². The molecule has 0 radical (unpaired) electrons. The van der Waals surface area contributed by atoms with E-state index in [-0.39, 0.29) is 11.7 Å². The number of ketones is 1. The molecule has 3 atom stereocenters. The largest absolute Gasteiger partial charge is 0.392 e. The molecule has 4 heteroatoms. The fourth-order valence-corrected chi connectivity index (χ4v) is 2.92.